The SMILES string of the molecule is Cc1cc(C(=O)N2CC(N(CC(C)C)C3CCOCC3)C2)nn1C. The van der Waals surface area contributed by atoms with Crippen LogP contribution < -0.4 is 0 Å². The van der Waals surface area contributed by atoms with Crippen LogP contribution in [0.2, 0.25) is 0 Å². The molecule has 1 amide bonds. The van der Waals surface area contributed by atoms with Gasteiger partial charge in [-0.05, 0) is 31.7 Å². The number of nitrogens with zero attached hydrogens (tertiary/aromatic N) is 4. The van der Waals surface area contributed by atoms with E-state index < -0.39 is 0 Å². The molecule has 1 aromatic rings. The number of likely N-dealkylation sites (tertiary alicyclic amines) is 1. The van der Waals surface area contributed by atoms with E-state index in [2.05, 4.69) is 23.8 Å². The Balaban J connectivity index is 1.60. The van der Waals surface area contributed by atoms with Gasteiger partial charge in [0.2, 0.25) is 0 Å². The molecule has 3 heterocycles. The number of hydrogen-bond donors (Lipinski definition) is 0. The van der Waals surface area contributed by atoms with Gasteiger partial charge in [0.05, 0.1) is 0 Å². The summed E-state index contributed by atoms with van der Waals surface area (Å²) >= 11 is 0. The summed E-state index contributed by atoms with van der Waals surface area (Å²) in [5.41, 5.74) is 1.58. The van der Waals surface area contributed by atoms with Gasteiger partial charge in [0, 0.05) is 57.7 Å². The molecule has 134 valence electrons. The first-order chi connectivity index (χ1) is 11.5. The number of aryl methyl sites for hydroxylation is 2. The van der Waals surface area contributed by atoms with Crippen molar-refractivity contribution in [1.29, 1.82) is 0 Å². The van der Waals surface area contributed by atoms with Crippen LogP contribution in [0, 0.1) is 12.8 Å². The van der Waals surface area contributed by atoms with Crippen LogP contribution in [0.15, 0.2) is 6.07 Å². The molecule has 3 rings (SSSR count). The van der Waals surface area contributed by atoms with E-state index in [9.17, 15) is 4.79 Å². The van der Waals surface area contributed by atoms with Crippen LogP contribution in [0.25, 0.3) is 0 Å². The molecule has 2 fully saturated rings. The molecule has 1 aromatic heterocycles. The summed E-state index contributed by atoms with van der Waals surface area (Å²) in [6.07, 6.45) is 2.22. The van der Waals surface area contributed by atoms with Crippen molar-refractivity contribution >= 4 is 5.91 Å². The van der Waals surface area contributed by atoms with Gasteiger partial charge >= 0.3 is 0 Å². The molecule has 2 aliphatic heterocycles. The quantitative estimate of drug-likeness (QED) is 0.822. The van der Waals surface area contributed by atoms with Gasteiger partial charge in [-0.15, -0.1) is 0 Å². The summed E-state index contributed by atoms with van der Waals surface area (Å²) in [4.78, 5) is 17.1. The lowest BCUT2D eigenvalue weighted by Gasteiger charge is -2.49. The van der Waals surface area contributed by atoms with Crippen molar-refractivity contribution in [2.24, 2.45) is 13.0 Å². The first kappa shape index (κ1) is 17.4. The van der Waals surface area contributed by atoms with Gasteiger partial charge in [0.25, 0.3) is 5.91 Å². The topological polar surface area (TPSA) is 50.6 Å². The van der Waals surface area contributed by atoms with Crippen LogP contribution in [-0.2, 0) is 11.8 Å². The maximum Gasteiger partial charge on any atom is 0.274 e. The fraction of sp³-hybridized carbons (Fsp3) is 0.778. The predicted octanol–water partition coefficient (Wildman–Crippen LogP) is 1.69. The minimum atomic E-state index is 0.0615. The van der Waals surface area contributed by atoms with E-state index in [-0.39, 0.29) is 5.91 Å². The average molecular weight is 334 g/mol. The van der Waals surface area contributed by atoms with Crippen LogP contribution in [0.5, 0.6) is 0 Å². The van der Waals surface area contributed by atoms with E-state index >= 15 is 0 Å². The Bertz CT molecular complexity index is 552. The molecular formula is C18H30N4O2. The van der Waals surface area contributed by atoms with Crippen molar-refractivity contribution in [3.8, 4) is 0 Å². The maximum absolute atomic E-state index is 12.6. The van der Waals surface area contributed by atoms with Gasteiger partial charge in [0.15, 0.2) is 5.69 Å². The first-order valence-electron chi connectivity index (χ1n) is 9.09. The molecule has 0 unspecified atom stereocenters. The Morgan fingerprint density at radius 1 is 1.33 bits per heavy atom. The lowest BCUT2D eigenvalue weighted by Crippen LogP contribution is -2.64. The lowest BCUT2D eigenvalue weighted by molar-refractivity contribution is -0.0295. The molecule has 0 spiro atoms. The highest BCUT2D eigenvalue weighted by Crippen LogP contribution is 2.25. The molecule has 0 aliphatic carbocycles. The second-order valence-electron chi connectivity index (χ2n) is 7.59. The van der Waals surface area contributed by atoms with Gasteiger partial charge in [-0.25, -0.2) is 0 Å². The van der Waals surface area contributed by atoms with Crippen LogP contribution in [0.4, 0.5) is 0 Å². The second kappa shape index (κ2) is 7.23. The Labute approximate surface area is 144 Å². The fourth-order valence-electron chi connectivity index (χ4n) is 3.69. The molecule has 0 bridgehead atoms. The Kier molecular flexibility index (Phi) is 5.25. The standard InChI is InChI=1S/C18H30N4O2/c1-13(2)10-22(15-5-7-24-8-6-15)16-11-21(12-16)18(23)17-9-14(3)20(4)19-17/h9,13,15-16H,5-8,10-12H2,1-4H3. The van der Waals surface area contributed by atoms with Crippen LogP contribution in [-0.4, -0.2) is 70.4 Å². The molecule has 6 heteroatoms. The van der Waals surface area contributed by atoms with Gasteiger partial charge in [-0.1, -0.05) is 13.8 Å². The molecule has 0 N–H and O–H groups in total. The van der Waals surface area contributed by atoms with Crippen molar-refractivity contribution < 1.29 is 9.53 Å². The van der Waals surface area contributed by atoms with E-state index in [1.54, 1.807) is 4.68 Å². The van der Waals surface area contributed by atoms with Gasteiger partial charge in [-0.2, -0.15) is 5.10 Å². The van der Waals surface area contributed by atoms with Gasteiger partial charge in [0.1, 0.15) is 0 Å². The fourth-order valence-corrected chi connectivity index (χ4v) is 3.69. The maximum atomic E-state index is 12.6. The van der Waals surface area contributed by atoms with Crippen LogP contribution in [0.3, 0.4) is 0 Å². The van der Waals surface area contributed by atoms with Crippen molar-refractivity contribution in [1.82, 2.24) is 19.6 Å². The summed E-state index contributed by atoms with van der Waals surface area (Å²) in [7, 11) is 1.88. The molecule has 0 saturated carbocycles. The van der Waals surface area contributed by atoms with E-state index in [1.165, 1.54) is 0 Å². The Morgan fingerprint density at radius 2 is 2.00 bits per heavy atom. The largest absolute Gasteiger partial charge is 0.381 e. The van der Waals surface area contributed by atoms with Crippen molar-refractivity contribution in [2.75, 3.05) is 32.8 Å². The van der Waals surface area contributed by atoms with E-state index in [4.69, 9.17) is 4.74 Å². The summed E-state index contributed by atoms with van der Waals surface area (Å²) in [6, 6.07) is 2.95. The number of carbonyl (C=O) groups excluding carboxylic acids is 1. The Morgan fingerprint density at radius 3 is 2.54 bits per heavy atom. The Hall–Kier alpha value is -1.40. The molecule has 2 aliphatic rings. The minimum absolute atomic E-state index is 0.0615. The highest BCUT2D eigenvalue weighted by atomic mass is 16.5. The van der Waals surface area contributed by atoms with Crippen molar-refractivity contribution in [3.05, 3.63) is 17.5 Å². The summed E-state index contributed by atoms with van der Waals surface area (Å²) < 4.78 is 7.28. The number of hydrogen-bond acceptors (Lipinski definition) is 4. The smallest absolute Gasteiger partial charge is 0.274 e. The summed E-state index contributed by atoms with van der Waals surface area (Å²) in [5, 5.41) is 4.32. The molecule has 0 aromatic carbocycles. The van der Waals surface area contributed by atoms with Crippen molar-refractivity contribution in [2.45, 2.75) is 45.7 Å². The van der Waals surface area contributed by atoms with Gasteiger partial charge in [-0.3, -0.25) is 14.4 Å². The summed E-state index contributed by atoms with van der Waals surface area (Å²) in [6.45, 7) is 11.0. The van der Waals surface area contributed by atoms with Crippen LogP contribution >= 0.6 is 0 Å². The van der Waals surface area contributed by atoms with E-state index in [1.807, 2.05) is 24.9 Å². The molecular weight excluding hydrogens is 304 g/mol. The summed E-state index contributed by atoms with van der Waals surface area (Å²) in [5.74, 6) is 0.697. The molecule has 0 radical (unpaired) electrons. The zero-order chi connectivity index (χ0) is 17.3. The zero-order valence-electron chi connectivity index (χ0n) is 15.4. The normalized spacial score (nSPS) is 20.0. The molecule has 6 nitrogen and oxygen atoms in total. The lowest BCUT2D eigenvalue weighted by atomic mass is 9.98. The third-order valence-electron chi connectivity index (χ3n) is 5.19. The predicted molar refractivity (Wildman–Crippen MR) is 93.0 cm³/mol. The number of amides is 1. The zero-order valence-corrected chi connectivity index (χ0v) is 15.4. The second-order valence-corrected chi connectivity index (χ2v) is 7.59. The highest BCUT2D eigenvalue weighted by molar-refractivity contribution is 5.93. The van der Waals surface area contributed by atoms with Gasteiger partial charge < -0.3 is 9.64 Å². The molecule has 24 heavy (non-hydrogen) atoms. The third-order valence-corrected chi connectivity index (χ3v) is 5.19. The third kappa shape index (κ3) is 3.64. The average Bonchev–Trinajstić information content (AvgIpc) is 2.85. The van der Waals surface area contributed by atoms with Crippen molar-refractivity contribution in [3.63, 3.8) is 0 Å². The molecule has 0 atom stereocenters. The number of ether oxygens (including phenoxy) is 1. The highest BCUT2D eigenvalue weighted by Gasteiger charge is 2.39. The number of aromatic nitrogens is 2. The number of rotatable bonds is 5. The van der Waals surface area contributed by atoms with E-state index in [0.29, 0.717) is 23.7 Å². The first-order valence-corrected chi connectivity index (χ1v) is 9.09. The van der Waals surface area contributed by atoms with Crippen LogP contribution in [0.1, 0.15) is 42.9 Å². The van der Waals surface area contributed by atoms with E-state index in [0.717, 1.165) is 51.4 Å². The monoisotopic (exact) mass is 334 g/mol. The number of carbonyl (C=O) groups is 1. The molecule has 2 saturated heterocycles. The minimum Gasteiger partial charge on any atom is -0.381 e.